The van der Waals surface area contributed by atoms with Gasteiger partial charge in [0.25, 0.3) is 0 Å². The van der Waals surface area contributed by atoms with Crippen LogP contribution in [0, 0.1) is 0 Å². The minimum Gasteiger partial charge on any atom is -0.486 e. The lowest BCUT2D eigenvalue weighted by Crippen LogP contribution is -2.06. The SMILES string of the molecule is Clc1ccccc1COc1c(Br)cc(/C=N/NCc2c(Cl)cccc2Cl)cc1Br. The highest BCUT2D eigenvalue weighted by Gasteiger charge is 2.10. The highest BCUT2D eigenvalue weighted by Crippen LogP contribution is 2.35. The van der Waals surface area contributed by atoms with Gasteiger partial charge in [-0.3, -0.25) is 0 Å². The van der Waals surface area contributed by atoms with Crippen molar-refractivity contribution < 1.29 is 4.74 Å². The molecule has 0 spiro atoms. The number of nitrogens with zero attached hydrogens (tertiary/aromatic N) is 1. The van der Waals surface area contributed by atoms with E-state index in [-0.39, 0.29) is 0 Å². The summed E-state index contributed by atoms with van der Waals surface area (Å²) in [5.41, 5.74) is 5.57. The molecule has 0 heterocycles. The van der Waals surface area contributed by atoms with E-state index < -0.39 is 0 Å². The average Bonchev–Trinajstić information content (AvgIpc) is 2.67. The summed E-state index contributed by atoms with van der Waals surface area (Å²) in [6.45, 7) is 0.792. The summed E-state index contributed by atoms with van der Waals surface area (Å²) in [6, 6.07) is 16.8. The molecule has 0 radical (unpaired) electrons. The smallest absolute Gasteiger partial charge is 0.148 e. The molecule has 0 aromatic heterocycles. The van der Waals surface area contributed by atoms with Crippen molar-refractivity contribution in [2.75, 3.05) is 0 Å². The third-order valence-corrected chi connectivity index (χ3v) is 6.23. The van der Waals surface area contributed by atoms with Gasteiger partial charge in [-0.15, -0.1) is 0 Å². The Morgan fingerprint density at radius 2 is 1.52 bits per heavy atom. The summed E-state index contributed by atoms with van der Waals surface area (Å²) >= 11 is 25.6. The topological polar surface area (TPSA) is 33.6 Å². The van der Waals surface area contributed by atoms with Crippen LogP contribution in [0.15, 0.2) is 68.6 Å². The Kier molecular flexibility index (Phi) is 8.27. The molecule has 29 heavy (non-hydrogen) atoms. The van der Waals surface area contributed by atoms with Crippen LogP contribution in [0.4, 0.5) is 0 Å². The van der Waals surface area contributed by atoms with Crippen molar-refractivity contribution in [2.45, 2.75) is 13.2 Å². The fourth-order valence-electron chi connectivity index (χ4n) is 2.50. The third kappa shape index (κ3) is 6.12. The van der Waals surface area contributed by atoms with E-state index >= 15 is 0 Å². The molecule has 0 amide bonds. The molecule has 3 aromatic rings. The normalized spacial score (nSPS) is 11.1. The fraction of sp³-hybridized carbons (Fsp3) is 0.0952. The molecule has 0 bridgehead atoms. The monoisotopic (exact) mass is 574 g/mol. The van der Waals surface area contributed by atoms with E-state index in [0.29, 0.717) is 34.0 Å². The molecule has 0 aliphatic heterocycles. The average molecular weight is 578 g/mol. The molecule has 3 nitrogen and oxygen atoms in total. The number of nitrogens with one attached hydrogen (secondary N) is 1. The molecule has 150 valence electrons. The lowest BCUT2D eigenvalue weighted by atomic mass is 10.2. The van der Waals surface area contributed by atoms with Crippen molar-refractivity contribution in [3.63, 3.8) is 0 Å². The first-order valence-electron chi connectivity index (χ1n) is 8.49. The van der Waals surface area contributed by atoms with E-state index in [1.807, 2.05) is 42.5 Å². The summed E-state index contributed by atoms with van der Waals surface area (Å²) in [7, 11) is 0. The molecule has 1 N–H and O–H groups in total. The maximum Gasteiger partial charge on any atom is 0.148 e. The zero-order valence-electron chi connectivity index (χ0n) is 14.9. The molecular formula is C21H15Br2Cl3N2O. The summed E-state index contributed by atoms with van der Waals surface area (Å²) in [4.78, 5) is 0. The molecule has 0 aliphatic rings. The zero-order valence-corrected chi connectivity index (χ0v) is 20.4. The van der Waals surface area contributed by atoms with Crippen molar-refractivity contribution in [1.29, 1.82) is 0 Å². The van der Waals surface area contributed by atoms with E-state index in [1.54, 1.807) is 18.3 Å². The molecule has 8 heteroatoms. The Morgan fingerprint density at radius 3 is 2.17 bits per heavy atom. The molecule has 0 saturated carbocycles. The number of halogens is 5. The molecule has 0 atom stereocenters. The largest absolute Gasteiger partial charge is 0.486 e. The van der Waals surface area contributed by atoms with Gasteiger partial charge < -0.3 is 10.2 Å². The van der Waals surface area contributed by atoms with Crippen LogP contribution in [0.1, 0.15) is 16.7 Å². The second-order valence-corrected chi connectivity index (χ2v) is 8.92. The predicted molar refractivity (Wildman–Crippen MR) is 129 cm³/mol. The Morgan fingerprint density at radius 1 is 0.897 bits per heavy atom. The van der Waals surface area contributed by atoms with Crippen LogP contribution >= 0.6 is 66.7 Å². The maximum atomic E-state index is 6.19. The van der Waals surface area contributed by atoms with Crippen molar-refractivity contribution in [1.82, 2.24) is 5.43 Å². The molecule has 0 saturated heterocycles. The van der Waals surface area contributed by atoms with Gasteiger partial charge in [0.05, 0.1) is 21.7 Å². The minimum atomic E-state index is 0.366. The second-order valence-electron chi connectivity index (χ2n) is 5.99. The van der Waals surface area contributed by atoms with Gasteiger partial charge in [-0.25, -0.2) is 0 Å². The van der Waals surface area contributed by atoms with Crippen molar-refractivity contribution in [3.05, 3.63) is 95.3 Å². The lowest BCUT2D eigenvalue weighted by molar-refractivity contribution is 0.302. The van der Waals surface area contributed by atoms with Crippen LogP contribution in [0.25, 0.3) is 0 Å². The van der Waals surface area contributed by atoms with E-state index in [1.165, 1.54) is 0 Å². The summed E-state index contributed by atoms with van der Waals surface area (Å²) < 4.78 is 7.53. The van der Waals surface area contributed by atoms with Crippen LogP contribution in [-0.4, -0.2) is 6.21 Å². The van der Waals surface area contributed by atoms with Gasteiger partial charge in [0.1, 0.15) is 12.4 Å². The van der Waals surface area contributed by atoms with Gasteiger partial charge in [0.15, 0.2) is 0 Å². The first-order valence-corrected chi connectivity index (χ1v) is 11.2. The van der Waals surface area contributed by atoms with Gasteiger partial charge in [0.2, 0.25) is 0 Å². The summed E-state index contributed by atoms with van der Waals surface area (Å²) in [5.74, 6) is 0.692. The van der Waals surface area contributed by atoms with E-state index in [0.717, 1.165) is 25.6 Å². The fourth-order valence-corrected chi connectivity index (χ4v) is 4.68. The Balaban J connectivity index is 1.64. The molecule has 0 unspecified atom stereocenters. The molecule has 3 rings (SSSR count). The number of ether oxygens (including phenoxy) is 1. The maximum absolute atomic E-state index is 6.19. The third-order valence-electron chi connectivity index (χ3n) is 3.97. The minimum absolute atomic E-state index is 0.366. The lowest BCUT2D eigenvalue weighted by Gasteiger charge is -2.12. The molecular weight excluding hydrogens is 562 g/mol. The number of benzene rings is 3. The first-order chi connectivity index (χ1) is 14.0. The zero-order chi connectivity index (χ0) is 20.8. The summed E-state index contributed by atoms with van der Waals surface area (Å²) in [6.07, 6.45) is 1.71. The van der Waals surface area contributed by atoms with Crippen molar-refractivity contribution in [3.8, 4) is 5.75 Å². The van der Waals surface area contributed by atoms with Gasteiger partial charge in [-0.05, 0) is 67.8 Å². The first kappa shape index (κ1) is 22.4. The predicted octanol–water partition coefficient (Wildman–Crippen LogP) is 7.87. The Bertz CT molecular complexity index is 1000. The summed E-state index contributed by atoms with van der Waals surface area (Å²) in [5, 5.41) is 6.12. The number of hydrogen-bond acceptors (Lipinski definition) is 3. The van der Waals surface area contributed by atoms with Gasteiger partial charge in [-0.1, -0.05) is 59.1 Å². The van der Waals surface area contributed by atoms with Gasteiger partial charge >= 0.3 is 0 Å². The van der Waals surface area contributed by atoms with Crippen molar-refractivity contribution in [2.24, 2.45) is 5.10 Å². The van der Waals surface area contributed by atoms with Gasteiger partial charge in [-0.2, -0.15) is 5.10 Å². The standard InChI is InChI=1S/C21H15Br2Cl3N2O/c22-16-8-13(10-27-28-11-15-19(25)6-3-7-20(15)26)9-17(23)21(16)29-12-14-4-1-2-5-18(14)24/h1-10,28H,11-12H2/b27-10+. The van der Waals surface area contributed by atoms with E-state index in [9.17, 15) is 0 Å². The highest BCUT2D eigenvalue weighted by molar-refractivity contribution is 9.11. The van der Waals surface area contributed by atoms with E-state index in [2.05, 4.69) is 42.4 Å². The number of rotatable bonds is 7. The van der Waals surface area contributed by atoms with Crippen LogP contribution in [-0.2, 0) is 13.2 Å². The Hall–Kier alpha value is -1.24. The molecule has 0 fully saturated rings. The second kappa shape index (κ2) is 10.7. The van der Waals surface area contributed by atoms with Gasteiger partial charge in [0, 0.05) is 26.2 Å². The molecule has 0 aliphatic carbocycles. The highest BCUT2D eigenvalue weighted by atomic mass is 79.9. The van der Waals surface area contributed by atoms with Crippen molar-refractivity contribution >= 4 is 72.9 Å². The van der Waals surface area contributed by atoms with Crippen LogP contribution < -0.4 is 10.2 Å². The Labute approximate surface area is 201 Å². The number of hydrogen-bond donors (Lipinski definition) is 1. The van der Waals surface area contributed by atoms with Crippen LogP contribution in [0.3, 0.4) is 0 Å². The quantitative estimate of drug-likeness (QED) is 0.229. The molecule has 3 aromatic carbocycles. The van der Waals surface area contributed by atoms with Crippen LogP contribution in [0.2, 0.25) is 15.1 Å². The van der Waals surface area contributed by atoms with Crippen LogP contribution in [0.5, 0.6) is 5.75 Å². The van der Waals surface area contributed by atoms with E-state index in [4.69, 9.17) is 39.5 Å². The number of hydrazone groups is 1.